The Labute approximate surface area is 87.5 Å². The first-order valence-corrected chi connectivity index (χ1v) is 4.59. The lowest BCUT2D eigenvalue weighted by atomic mass is 10.2. The highest BCUT2D eigenvalue weighted by Crippen LogP contribution is 2.24. The van der Waals surface area contributed by atoms with Crippen LogP contribution in [0.3, 0.4) is 0 Å². The Balaban J connectivity index is 3.02. The average Bonchev–Trinajstić information content (AvgIpc) is 2.16. The molecule has 0 radical (unpaired) electrons. The fourth-order valence-corrected chi connectivity index (χ4v) is 1.21. The van der Waals surface area contributed by atoms with Gasteiger partial charge < -0.3 is 9.84 Å². The number of rotatable bonds is 4. The Morgan fingerprint density at radius 2 is 2.20 bits per heavy atom. The molecule has 0 spiro atoms. The second-order valence-corrected chi connectivity index (χ2v) is 3.37. The Kier molecular flexibility index (Phi) is 3.62. The summed E-state index contributed by atoms with van der Waals surface area (Å²) < 4.78 is 5.36. The van der Waals surface area contributed by atoms with Gasteiger partial charge in [0.1, 0.15) is 5.75 Å². The Bertz CT molecular complexity index is 362. The summed E-state index contributed by atoms with van der Waals surface area (Å²) in [5, 5.41) is 19.5. The highest BCUT2D eigenvalue weighted by atomic mass is 16.6. The third-order valence-corrected chi connectivity index (χ3v) is 1.79. The minimum Gasteiger partial charge on any atom is -0.491 e. The fourth-order valence-electron chi connectivity index (χ4n) is 1.21. The van der Waals surface area contributed by atoms with E-state index in [0.29, 0.717) is 5.75 Å². The van der Waals surface area contributed by atoms with Gasteiger partial charge in [0.25, 0.3) is 5.69 Å². The number of hydrogen-bond donors (Lipinski definition) is 1. The largest absolute Gasteiger partial charge is 0.491 e. The van der Waals surface area contributed by atoms with Gasteiger partial charge >= 0.3 is 0 Å². The lowest BCUT2D eigenvalue weighted by Gasteiger charge is -2.10. The van der Waals surface area contributed by atoms with Crippen LogP contribution in [0.5, 0.6) is 5.75 Å². The van der Waals surface area contributed by atoms with E-state index in [2.05, 4.69) is 0 Å². The van der Waals surface area contributed by atoms with Crippen LogP contribution in [-0.4, -0.2) is 16.1 Å². The molecular weight excluding hydrogens is 198 g/mol. The van der Waals surface area contributed by atoms with E-state index in [4.69, 9.17) is 9.84 Å². The number of benzene rings is 1. The van der Waals surface area contributed by atoms with Crippen LogP contribution in [0.25, 0.3) is 0 Å². The Hall–Kier alpha value is -1.62. The van der Waals surface area contributed by atoms with Gasteiger partial charge in [-0.05, 0) is 26.0 Å². The van der Waals surface area contributed by atoms with Crippen molar-refractivity contribution in [2.24, 2.45) is 0 Å². The highest BCUT2D eigenvalue weighted by molar-refractivity contribution is 5.44. The van der Waals surface area contributed by atoms with Gasteiger partial charge in [-0.25, -0.2) is 0 Å². The predicted molar refractivity (Wildman–Crippen MR) is 54.8 cm³/mol. The van der Waals surface area contributed by atoms with Gasteiger partial charge in [0.15, 0.2) is 0 Å². The second kappa shape index (κ2) is 4.75. The van der Waals surface area contributed by atoms with Gasteiger partial charge in [-0.15, -0.1) is 0 Å². The smallest absolute Gasteiger partial charge is 0.275 e. The molecule has 0 heterocycles. The molecule has 1 N–H and O–H groups in total. The van der Waals surface area contributed by atoms with Crippen molar-refractivity contribution in [3.63, 3.8) is 0 Å². The molecule has 0 aromatic heterocycles. The average molecular weight is 211 g/mol. The number of hydrogen-bond acceptors (Lipinski definition) is 4. The monoisotopic (exact) mass is 211 g/mol. The first kappa shape index (κ1) is 11.5. The number of nitro benzene ring substituents is 1. The zero-order valence-corrected chi connectivity index (χ0v) is 8.64. The molecule has 5 nitrogen and oxygen atoms in total. The van der Waals surface area contributed by atoms with Crippen molar-refractivity contribution in [2.45, 2.75) is 26.6 Å². The summed E-state index contributed by atoms with van der Waals surface area (Å²) in [5.41, 5.74) is 0.173. The maximum Gasteiger partial charge on any atom is 0.275 e. The molecule has 15 heavy (non-hydrogen) atoms. The van der Waals surface area contributed by atoms with Crippen LogP contribution in [0.1, 0.15) is 19.4 Å². The number of nitro groups is 1. The summed E-state index contributed by atoms with van der Waals surface area (Å²) in [6, 6.07) is 4.35. The molecule has 1 aromatic rings. The van der Waals surface area contributed by atoms with E-state index in [1.807, 2.05) is 13.8 Å². The van der Waals surface area contributed by atoms with Gasteiger partial charge in [0.05, 0.1) is 23.2 Å². The Morgan fingerprint density at radius 1 is 1.53 bits per heavy atom. The molecule has 0 aliphatic heterocycles. The lowest BCUT2D eigenvalue weighted by molar-refractivity contribution is -0.385. The van der Waals surface area contributed by atoms with Crippen LogP contribution in [0, 0.1) is 10.1 Å². The van der Waals surface area contributed by atoms with Crippen LogP contribution >= 0.6 is 0 Å². The molecule has 5 heteroatoms. The van der Waals surface area contributed by atoms with E-state index >= 15 is 0 Å². The van der Waals surface area contributed by atoms with Gasteiger partial charge in [0.2, 0.25) is 0 Å². The van der Waals surface area contributed by atoms with Crippen molar-refractivity contribution in [1.82, 2.24) is 0 Å². The summed E-state index contributed by atoms with van der Waals surface area (Å²) in [7, 11) is 0. The number of aliphatic hydroxyl groups is 1. The molecule has 1 aromatic carbocycles. The number of ether oxygens (including phenoxy) is 1. The van der Waals surface area contributed by atoms with Crippen molar-refractivity contribution in [3.8, 4) is 5.75 Å². The molecule has 1 rings (SSSR count). The molecule has 0 fully saturated rings. The fraction of sp³-hybridized carbons (Fsp3) is 0.400. The van der Waals surface area contributed by atoms with Crippen LogP contribution < -0.4 is 4.74 Å². The van der Waals surface area contributed by atoms with Crippen molar-refractivity contribution in [1.29, 1.82) is 0 Å². The summed E-state index contributed by atoms with van der Waals surface area (Å²) in [5.74, 6) is 0.527. The van der Waals surface area contributed by atoms with E-state index < -0.39 is 4.92 Å². The van der Waals surface area contributed by atoms with Gasteiger partial charge in [-0.1, -0.05) is 0 Å². The van der Waals surface area contributed by atoms with E-state index in [1.54, 1.807) is 0 Å². The zero-order chi connectivity index (χ0) is 11.4. The first-order chi connectivity index (χ1) is 7.04. The first-order valence-electron chi connectivity index (χ1n) is 4.59. The van der Waals surface area contributed by atoms with Crippen molar-refractivity contribution >= 4 is 5.69 Å². The van der Waals surface area contributed by atoms with Crippen LogP contribution in [0.2, 0.25) is 0 Å². The summed E-state index contributed by atoms with van der Waals surface area (Å²) in [6.07, 6.45) is -0.00185. The molecule has 82 valence electrons. The van der Waals surface area contributed by atoms with E-state index in [0.717, 1.165) is 0 Å². The molecule has 0 aliphatic rings. The normalized spacial score (nSPS) is 10.4. The van der Waals surface area contributed by atoms with Crippen LogP contribution in [0.4, 0.5) is 5.69 Å². The van der Waals surface area contributed by atoms with Crippen LogP contribution in [0.15, 0.2) is 18.2 Å². The number of aliphatic hydroxyl groups excluding tert-OH is 1. The van der Waals surface area contributed by atoms with E-state index in [9.17, 15) is 10.1 Å². The summed E-state index contributed by atoms with van der Waals surface area (Å²) >= 11 is 0. The third kappa shape index (κ3) is 2.92. The molecule has 0 bridgehead atoms. The predicted octanol–water partition coefficient (Wildman–Crippen LogP) is 1.87. The molecule has 0 aliphatic carbocycles. The Morgan fingerprint density at radius 3 is 2.67 bits per heavy atom. The van der Waals surface area contributed by atoms with E-state index in [-0.39, 0.29) is 24.0 Å². The molecule has 0 saturated carbocycles. The molecule has 0 unspecified atom stereocenters. The van der Waals surface area contributed by atoms with Gasteiger partial charge in [-0.2, -0.15) is 0 Å². The quantitative estimate of drug-likeness (QED) is 0.609. The molecular formula is C10H13NO4. The highest BCUT2D eigenvalue weighted by Gasteiger charge is 2.13. The molecule has 0 saturated heterocycles. The summed E-state index contributed by atoms with van der Waals surface area (Å²) in [6.45, 7) is 3.35. The maximum atomic E-state index is 10.6. The third-order valence-electron chi connectivity index (χ3n) is 1.79. The minimum absolute atomic E-state index is 0.00185. The summed E-state index contributed by atoms with van der Waals surface area (Å²) in [4.78, 5) is 10.0. The van der Waals surface area contributed by atoms with Crippen molar-refractivity contribution in [3.05, 3.63) is 33.9 Å². The second-order valence-electron chi connectivity index (χ2n) is 3.37. The molecule has 0 atom stereocenters. The number of nitrogens with zero attached hydrogens (tertiary/aromatic N) is 1. The van der Waals surface area contributed by atoms with E-state index in [1.165, 1.54) is 18.2 Å². The molecule has 0 amide bonds. The maximum absolute atomic E-state index is 10.6. The minimum atomic E-state index is -0.523. The van der Waals surface area contributed by atoms with Crippen molar-refractivity contribution in [2.75, 3.05) is 0 Å². The zero-order valence-electron chi connectivity index (χ0n) is 8.64. The topological polar surface area (TPSA) is 72.6 Å². The van der Waals surface area contributed by atoms with Gasteiger partial charge in [-0.3, -0.25) is 10.1 Å². The van der Waals surface area contributed by atoms with Crippen LogP contribution in [-0.2, 0) is 6.61 Å². The van der Waals surface area contributed by atoms with Crippen molar-refractivity contribution < 1.29 is 14.8 Å². The SMILES string of the molecule is CC(C)Oc1ccc([N+](=O)[O-])c(CO)c1. The van der Waals surface area contributed by atoms with Gasteiger partial charge in [0, 0.05) is 6.07 Å². The lowest BCUT2D eigenvalue weighted by Crippen LogP contribution is -2.06. The standard InChI is InChI=1S/C10H13NO4/c1-7(2)15-9-3-4-10(11(13)14)8(5-9)6-12/h3-5,7,12H,6H2,1-2H3.